The van der Waals surface area contributed by atoms with Crippen molar-refractivity contribution in [2.45, 2.75) is 33.2 Å². The lowest BCUT2D eigenvalue weighted by Crippen LogP contribution is -2.54. The van der Waals surface area contributed by atoms with E-state index in [1.807, 2.05) is 38.2 Å². The summed E-state index contributed by atoms with van der Waals surface area (Å²) in [7, 11) is 2.02. The van der Waals surface area contributed by atoms with Gasteiger partial charge in [0.1, 0.15) is 5.57 Å². The van der Waals surface area contributed by atoms with Crippen LogP contribution in [-0.4, -0.2) is 29.5 Å². The van der Waals surface area contributed by atoms with Crippen molar-refractivity contribution in [2.24, 2.45) is 0 Å². The number of aryl methyl sites for hydroxylation is 1. The predicted molar refractivity (Wildman–Crippen MR) is 135 cm³/mol. The van der Waals surface area contributed by atoms with Crippen LogP contribution in [0.2, 0.25) is 5.02 Å². The summed E-state index contributed by atoms with van der Waals surface area (Å²) >= 11 is 11.9. The Balaban J connectivity index is 1.78. The van der Waals surface area contributed by atoms with E-state index in [0.29, 0.717) is 16.3 Å². The second-order valence-electron chi connectivity index (χ2n) is 8.72. The van der Waals surface area contributed by atoms with Gasteiger partial charge in [-0.2, -0.15) is 0 Å². The van der Waals surface area contributed by atoms with E-state index in [4.69, 9.17) is 23.8 Å². The fourth-order valence-corrected chi connectivity index (χ4v) is 4.53. The number of hydrogen-bond donors (Lipinski definition) is 1. The minimum atomic E-state index is -0.539. The van der Waals surface area contributed by atoms with Gasteiger partial charge in [0.05, 0.1) is 11.2 Å². The normalized spacial score (nSPS) is 19.1. The SMILES string of the molecule is CC1=CC(C)(C)N(C)c2cc(Cl)c(/C=C3/C(=O)NC(=S)N(c4ccc(C)cc4)C3=O)cc21. The monoisotopic (exact) mass is 465 g/mol. The van der Waals surface area contributed by atoms with Crippen molar-refractivity contribution in [1.29, 1.82) is 0 Å². The van der Waals surface area contributed by atoms with Crippen LogP contribution in [-0.2, 0) is 9.59 Å². The zero-order valence-corrected chi connectivity index (χ0v) is 20.2. The maximum atomic E-state index is 13.3. The number of amides is 2. The molecule has 0 radical (unpaired) electrons. The highest BCUT2D eigenvalue weighted by Crippen LogP contribution is 2.41. The number of anilines is 2. The summed E-state index contributed by atoms with van der Waals surface area (Å²) in [4.78, 5) is 29.4. The number of rotatable bonds is 2. The van der Waals surface area contributed by atoms with Gasteiger partial charge >= 0.3 is 0 Å². The Hall–Kier alpha value is -2.96. The summed E-state index contributed by atoms with van der Waals surface area (Å²) in [6.07, 6.45) is 3.73. The molecule has 164 valence electrons. The third-order valence-corrected chi connectivity index (χ3v) is 6.64. The van der Waals surface area contributed by atoms with Gasteiger partial charge < -0.3 is 4.90 Å². The van der Waals surface area contributed by atoms with Gasteiger partial charge in [-0.25, -0.2) is 0 Å². The van der Waals surface area contributed by atoms with Crippen LogP contribution in [0.3, 0.4) is 0 Å². The molecule has 2 aromatic rings. The van der Waals surface area contributed by atoms with E-state index in [2.05, 4.69) is 37.1 Å². The van der Waals surface area contributed by atoms with Gasteiger partial charge in [-0.05, 0) is 81.4 Å². The number of likely N-dealkylation sites (N-methyl/N-ethyl adjacent to an activating group) is 1. The molecular weight excluding hydrogens is 442 g/mol. The highest BCUT2D eigenvalue weighted by atomic mass is 35.5. The maximum Gasteiger partial charge on any atom is 0.270 e. The second kappa shape index (κ2) is 7.87. The number of nitrogens with one attached hydrogen (secondary N) is 1. The van der Waals surface area contributed by atoms with E-state index in [1.54, 1.807) is 12.1 Å². The van der Waals surface area contributed by atoms with Crippen LogP contribution < -0.4 is 15.1 Å². The Bertz CT molecular complexity index is 1230. The van der Waals surface area contributed by atoms with E-state index in [-0.39, 0.29) is 16.2 Å². The third kappa shape index (κ3) is 3.74. The van der Waals surface area contributed by atoms with Gasteiger partial charge in [0.25, 0.3) is 11.8 Å². The zero-order chi connectivity index (χ0) is 23.4. The summed E-state index contributed by atoms with van der Waals surface area (Å²) in [6, 6.07) is 11.2. The van der Waals surface area contributed by atoms with Crippen molar-refractivity contribution in [3.05, 3.63) is 69.8 Å². The molecule has 0 aromatic heterocycles. The summed E-state index contributed by atoms with van der Waals surface area (Å²) in [6.45, 7) is 8.28. The highest BCUT2D eigenvalue weighted by molar-refractivity contribution is 7.80. The molecule has 1 fully saturated rings. The molecule has 0 spiro atoms. The van der Waals surface area contributed by atoms with Gasteiger partial charge in [0, 0.05) is 23.3 Å². The van der Waals surface area contributed by atoms with E-state index in [1.165, 1.54) is 11.0 Å². The first-order valence-corrected chi connectivity index (χ1v) is 11.0. The van der Waals surface area contributed by atoms with E-state index in [9.17, 15) is 9.59 Å². The van der Waals surface area contributed by atoms with Crippen molar-refractivity contribution in [3.63, 3.8) is 0 Å². The molecule has 5 nitrogen and oxygen atoms in total. The first-order valence-electron chi connectivity index (χ1n) is 10.2. The van der Waals surface area contributed by atoms with E-state index in [0.717, 1.165) is 22.4 Å². The zero-order valence-electron chi connectivity index (χ0n) is 18.6. The molecule has 2 aliphatic heterocycles. The molecule has 7 heteroatoms. The molecule has 0 atom stereocenters. The molecule has 0 aliphatic carbocycles. The number of halogens is 1. The number of carbonyl (C=O) groups excluding carboxylic acids is 2. The molecule has 2 heterocycles. The number of carbonyl (C=O) groups is 2. The number of thiocarbonyl (C=S) groups is 1. The number of allylic oxidation sites excluding steroid dienone is 1. The summed E-state index contributed by atoms with van der Waals surface area (Å²) < 4.78 is 0. The number of hydrogen-bond acceptors (Lipinski definition) is 4. The fraction of sp³-hybridized carbons (Fsp3) is 0.240. The lowest BCUT2D eigenvalue weighted by molar-refractivity contribution is -0.122. The van der Waals surface area contributed by atoms with Crippen molar-refractivity contribution in [3.8, 4) is 0 Å². The Morgan fingerprint density at radius 3 is 2.41 bits per heavy atom. The highest BCUT2D eigenvalue weighted by Gasteiger charge is 2.35. The lowest BCUT2D eigenvalue weighted by Gasteiger charge is -2.40. The third-order valence-electron chi connectivity index (χ3n) is 6.03. The Labute approximate surface area is 198 Å². The molecule has 1 N–H and O–H groups in total. The summed E-state index contributed by atoms with van der Waals surface area (Å²) in [5, 5.41) is 3.14. The largest absolute Gasteiger partial charge is 0.365 e. The maximum absolute atomic E-state index is 13.3. The molecule has 2 amide bonds. The van der Waals surface area contributed by atoms with E-state index >= 15 is 0 Å². The average molecular weight is 466 g/mol. The van der Waals surface area contributed by atoms with Crippen LogP contribution in [0.1, 0.15) is 37.5 Å². The summed E-state index contributed by atoms with van der Waals surface area (Å²) in [5.41, 5.74) is 5.21. The first kappa shape index (κ1) is 22.2. The molecule has 0 unspecified atom stereocenters. The van der Waals surface area contributed by atoms with Crippen molar-refractivity contribution in [2.75, 3.05) is 16.8 Å². The van der Waals surface area contributed by atoms with Crippen LogP contribution in [0.25, 0.3) is 11.6 Å². The molecular formula is C25H24ClN3O2S. The predicted octanol–water partition coefficient (Wildman–Crippen LogP) is 5.11. The minimum Gasteiger partial charge on any atom is -0.365 e. The van der Waals surface area contributed by atoms with Crippen LogP contribution >= 0.6 is 23.8 Å². The summed E-state index contributed by atoms with van der Waals surface area (Å²) in [5.74, 6) is -1.02. The quantitative estimate of drug-likeness (QED) is 0.380. The molecule has 0 saturated carbocycles. The number of fused-ring (bicyclic) bond motifs is 1. The standard InChI is InChI=1S/C25H24ClN3O2S/c1-14-6-8-17(9-7-14)29-23(31)19(22(30)27-24(29)32)11-16-10-18-15(2)13-25(3,4)28(5)21(18)12-20(16)26/h6-13H,1-5H3,(H,27,30,32)/b19-11-. The van der Waals surface area contributed by atoms with Gasteiger partial charge in [-0.1, -0.05) is 35.4 Å². The van der Waals surface area contributed by atoms with Crippen LogP contribution in [0.4, 0.5) is 11.4 Å². The van der Waals surface area contributed by atoms with Crippen LogP contribution in [0.15, 0.2) is 48.0 Å². The van der Waals surface area contributed by atoms with Gasteiger partial charge in [-0.15, -0.1) is 0 Å². The lowest BCUT2D eigenvalue weighted by atomic mass is 9.88. The first-order chi connectivity index (χ1) is 15.0. The molecule has 2 aliphatic rings. The van der Waals surface area contributed by atoms with Crippen LogP contribution in [0.5, 0.6) is 0 Å². The molecule has 32 heavy (non-hydrogen) atoms. The topological polar surface area (TPSA) is 52.7 Å². The number of nitrogens with zero attached hydrogens (tertiary/aromatic N) is 2. The molecule has 1 saturated heterocycles. The number of benzene rings is 2. The minimum absolute atomic E-state index is 0.0212. The molecule has 0 bridgehead atoms. The van der Waals surface area contributed by atoms with E-state index < -0.39 is 11.8 Å². The molecule has 4 rings (SSSR count). The Morgan fingerprint density at radius 1 is 1.09 bits per heavy atom. The van der Waals surface area contributed by atoms with Gasteiger partial charge in [-0.3, -0.25) is 19.8 Å². The van der Waals surface area contributed by atoms with Crippen LogP contribution in [0, 0.1) is 6.92 Å². The van der Waals surface area contributed by atoms with Gasteiger partial charge in [0.15, 0.2) is 5.11 Å². The smallest absolute Gasteiger partial charge is 0.270 e. The average Bonchev–Trinajstić information content (AvgIpc) is 2.71. The molecule has 2 aromatic carbocycles. The fourth-order valence-electron chi connectivity index (χ4n) is 4.04. The Kier molecular flexibility index (Phi) is 5.47. The second-order valence-corrected chi connectivity index (χ2v) is 9.52. The van der Waals surface area contributed by atoms with Crippen molar-refractivity contribution >= 4 is 63.8 Å². The van der Waals surface area contributed by atoms with Gasteiger partial charge in [0.2, 0.25) is 0 Å². The van der Waals surface area contributed by atoms with Crippen molar-refractivity contribution < 1.29 is 9.59 Å². The van der Waals surface area contributed by atoms with Crippen molar-refractivity contribution in [1.82, 2.24) is 5.32 Å². The Morgan fingerprint density at radius 2 is 1.75 bits per heavy atom.